The second-order valence-corrected chi connectivity index (χ2v) is 3.51. The Hall–Kier alpha value is -1.99. The van der Waals surface area contributed by atoms with Crippen LogP contribution in [-0.2, 0) is 0 Å². The summed E-state index contributed by atoms with van der Waals surface area (Å²) in [4.78, 5) is 0. The average Bonchev–Trinajstić information content (AvgIpc) is 2.23. The predicted octanol–water partition coefficient (Wildman–Crippen LogP) is 1.47. The summed E-state index contributed by atoms with van der Waals surface area (Å²) >= 11 is 5.80. The molecule has 0 spiro atoms. The molecular formula is C10H7ClN3O+. The van der Waals surface area contributed by atoms with Crippen molar-refractivity contribution >= 4 is 28.3 Å². The number of fused-ring (bicyclic) bond motifs is 1. The van der Waals surface area contributed by atoms with E-state index in [0.29, 0.717) is 15.9 Å². The van der Waals surface area contributed by atoms with Crippen LogP contribution in [0.3, 0.4) is 0 Å². The number of benzene rings is 1. The van der Waals surface area contributed by atoms with Crippen LogP contribution in [-0.4, -0.2) is 5.21 Å². The lowest BCUT2D eigenvalue weighted by Crippen LogP contribution is -2.35. The highest BCUT2D eigenvalue weighted by molar-refractivity contribution is 6.31. The fourth-order valence-corrected chi connectivity index (χ4v) is 1.58. The molecule has 0 saturated carbocycles. The first kappa shape index (κ1) is 9.56. The summed E-state index contributed by atoms with van der Waals surface area (Å²) in [6, 6.07) is 8.42. The van der Waals surface area contributed by atoms with Crippen LogP contribution in [0.1, 0.15) is 5.56 Å². The van der Waals surface area contributed by atoms with Gasteiger partial charge in [0.05, 0.1) is 0 Å². The molecule has 0 aliphatic heterocycles. The molecule has 2 rings (SSSR count). The molecule has 0 aliphatic rings. The monoisotopic (exact) mass is 220 g/mol. The molecule has 0 saturated heterocycles. The predicted molar refractivity (Wildman–Crippen MR) is 55.5 cm³/mol. The minimum atomic E-state index is 0.0207. The number of rotatable bonds is 0. The number of nitrogen functional groups attached to an aromatic ring is 1. The Morgan fingerprint density at radius 1 is 1.40 bits per heavy atom. The third-order valence-corrected chi connectivity index (χ3v) is 2.38. The van der Waals surface area contributed by atoms with Crippen molar-refractivity contribution in [3.8, 4) is 6.07 Å². The number of aromatic nitrogens is 1. The van der Waals surface area contributed by atoms with E-state index in [1.807, 2.05) is 6.07 Å². The summed E-state index contributed by atoms with van der Waals surface area (Å²) < 4.78 is 0.782. The highest BCUT2D eigenvalue weighted by Gasteiger charge is 2.15. The number of halogens is 1. The van der Waals surface area contributed by atoms with E-state index in [1.165, 1.54) is 0 Å². The summed E-state index contributed by atoms with van der Waals surface area (Å²) in [6.45, 7) is 0. The lowest BCUT2D eigenvalue weighted by Gasteiger charge is -2.01. The molecule has 0 amide bonds. The van der Waals surface area contributed by atoms with Crippen LogP contribution in [0.5, 0.6) is 0 Å². The zero-order valence-corrected chi connectivity index (χ0v) is 8.36. The van der Waals surface area contributed by atoms with Crippen molar-refractivity contribution in [1.82, 2.24) is 0 Å². The molecule has 2 aromatic rings. The molecule has 0 radical (unpaired) electrons. The van der Waals surface area contributed by atoms with Gasteiger partial charge >= 0.3 is 5.82 Å². The summed E-state index contributed by atoms with van der Waals surface area (Å²) in [5.74, 6) is 0.0207. The van der Waals surface area contributed by atoms with E-state index in [-0.39, 0.29) is 11.4 Å². The number of nitriles is 1. The number of pyridine rings is 1. The number of anilines is 1. The summed E-state index contributed by atoms with van der Waals surface area (Å²) in [7, 11) is 0. The Morgan fingerprint density at radius 3 is 2.80 bits per heavy atom. The third-order valence-electron chi connectivity index (χ3n) is 2.14. The van der Waals surface area contributed by atoms with Crippen LogP contribution in [0.25, 0.3) is 10.9 Å². The van der Waals surface area contributed by atoms with Crippen LogP contribution < -0.4 is 10.5 Å². The summed E-state index contributed by atoms with van der Waals surface area (Å²) in [6.07, 6.45) is 0. The maximum absolute atomic E-state index is 9.66. The average molecular weight is 221 g/mol. The number of hydrogen-bond donors (Lipinski definition) is 2. The zero-order valence-electron chi connectivity index (χ0n) is 7.61. The van der Waals surface area contributed by atoms with Crippen molar-refractivity contribution in [3.63, 3.8) is 0 Å². The van der Waals surface area contributed by atoms with Crippen molar-refractivity contribution in [1.29, 1.82) is 5.26 Å². The second kappa shape index (κ2) is 3.30. The van der Waals surface area contributed by atoms with Crippen molar-refractivity contribution < 1.29 is 9.94 Å². The third kappa shape index (κ3) is 1.43. The Morgan fingerprint density at radius 2 is 2.13 bits per heavy atom. The molecule has 3 N–H and O–H groups in total. The molecule has 4 nitrogen and oxygen atoms in total. The molecule has 15 heavy (non-hydrogen) atoms. The Labute approximate surface area is 90.7 Å². The van der Waals surface area contributed by atoms with Gasteiger partial charge in [-0.3, -0.25) is 5.73 Å². The summed E-state index contributed by atoms with van der Waals surface area (Å²) in [5.41, 5.74) is 6.28. The standard InChI is InChI=1S/C10H6ClN3O/c11-8-1-2-9-6(4-8)3-7(5-12)10(13)14(9)15/h1-4,13,15H/p+1. The number of hydrogen-bond acceptors (Lipinski definition) is 3. The fourth-order valence-electron chi connectivity index (χ4n) is 1.40. The van der Waals surface area contributed by atoms with E-state index in [0.717, 1.165) is 4.73 Å². The van der Waals surface area contributed by atoms with Gasteiger partial charge in [-0.15, -0.1) is 0 Å². The van der Waals surface area contributed by atoms with Gasteiger partial charge in [-0.2, -0.15) is 5.26 Å². The largest absolute Gasteiger partial charge is 0.349 e. The molecule has 0 atom stereocenters. The molecule has 5 heteroatoms. The molecule has 0 fully saturated rings. The molecule has 0 aliphatic carbocycles. The van der Waals surface area contributed by atoms with Crippen LogP contribution in [0, 0.1) is 11.3 Å². The maximum atomic E-state index is 9.66. The highest BCUT2D eigenvalue weighted by atomic mass is 35.5. The molecule has 0 bridgehead atoms. The molecule has 1 heterocycles. The van der Waals surface area contributed by atoms with Gasteiger partial charge in [0, 0.05) is 10.4 Å². The van der Waals surface area contributed by atoms with E-state index in [1.54, 1.807) is 24.3 Å². The lowest BCUT2D eigenvalue weighted by atomic mass is 10.1. The molecule has 1 aromatic carbocycles. The first-order valence-electron chi connectivity index (χ1n) is 4.16. The first-order chi connectivity index (χ1) is 7.13. The Balaban J connectivity index is 2.92. The van der Waals surface area contributed by atoms with E-state index in [2.05, 4.69) is 0 Å². The van der Waals surface area contributed by atoms with Gasteiger partial charge < -0.3 is 5.21 Å². The maximum Gasteiger partial charge on any atom is 0.330 e. The van der Waals surface area contributed by atoms with Crippen molar-refractivity contribution in [2.45, 2.75) is 0 Å². The van der Waals surface area contributed by atoms with Crippen molar-refractivity contribution in [2.75, 3.05) is 5.73 Å². The van der Waals surface area contributed by atoms with Crippen molar-refractivity contribution in [3.05, 3.63) is 34.9 Å². The van der Waals surface area contributed by atoms with Crippen LogP contribution in [0.4, 0.5) is 5.82 Å². The van der Waals surface area contributed by atoms with Crippen molar-refractivity contribution in [2.24, 2.45) is 0 Å². The SMILES string of the molecule is N#Cc1cc2cc(Cl)ccc2[n+](O)c1N. The summed E-state index contributed by atoms with van der Waals surface area (Å²) in [5, 5.41) is 19.6. The van der Waals surface area contributed by atoms with Gasteiger partial charge in [0.25, 0.3) is 0 Å². The van der Waals surface area contributed by atoms with Crippen LogP contribution in [0.15, 0.2) is 24.3 Å². The van der Waals surface area contributed by atoms with Gasteiger partial charge in [-0.1, -0.05) is 11.6 Å². The van der Waals surface area contributed by atoms with Crippen LogP contribution in [0.2, 0.25) is 5.02 Å². The quantitative estimate of drug-likeness (QED) is 0.522. The lowest BCUT2D eigenvalue weighted by molar-refractivity contribution is -0.873. The Kier molecular flexibility index (Phi) is 2.10. The zero-order chi connectivity index (χ0) is 11.0. The van der Waals surface area contributed by atoms with E-state index in [9.17, 15) is 5.21 Å². The molecule has 74 valence electrons. The highest BCUT2D eigenvalue weighted by Crippen LogP contribution is 2.19. The first-order valence-corrected chi connectivity index (χ1v) is 4.54. The normalized spacial score (nSPS) is 10.1. The topological polar surface area (TPSA) is 73.9 Å². The molecule has 1 aromatic heterocycles. The van der Waals surface area contributed by atoms with Crippen LogP contribution >= 0.6 is 11.6 Å². The second-order valence-electron chi connectivity index (χ2n) is 3.07. The van der Waals surface area contributed by atoms with E-state index < -0.39 is 0 Å². The van der Waals surface area contributed by atoms with Gasteiger partial charge in [0.1, 0.15) is 11.6 Å². The fraction of sp³-hybridized carbons (Fsp3) is 0. The molecular weight excluding hydrogens is 214 g/mol. The van der Waals surface area contributed by atoms with Gasteiger partial charge in [0.2, 0.25) is 0 Å². The van der Waals surface area contributed by atoms with E-state index >= 15 is 0 Å². The minimum absolute atomic E-state index is 0.0207. The number of nitrogens with zero attached hydrogens (tertiary/aromatic N) is 2. The Bertz CT molecular complexity index is 589. The molecule has 0 unspecified atom stereocenters. The van der Waals surface area contributed by atoms with Gasteiger partial charge in [-0.05, 0) is 29.0 Å². The minimum Gasteiger partial charge on any atom is -0.349 e. The van der Waals surface area contributed by atoms with Gasteiger partial charge in [0.15, 0.2) is 5.52 Å². The van der Waals surface area contributed by atoms with Gasteiger partial charge in [-0.25, -0.2) is 0 Å². The van der Waals surface area contributed by atoms with E-state index in [4.69, 9.17) is 22.6 Å². The smallest absolute Gasteiger partial charge is 0.330 e. The number of nitrogens with two attached hydrogens (primary N) is 1.